The van der Waals surface area contributed by atoms with Crippen LogP contribution in [0.4, 0.5) is 0 Å². The molecule has 0 spiro atoms. The van der Waals surface area contributed by atoms with Gasteiger partial charge in [-0.15, -0.1) is 0 Å². The Labute approximate surface area is 102 Å². The first-order chi connectivity index (χ1) is 8.16. The zero-order chi connectivity index (χ0) is 12.3. The van der Waals surface area contributed by atoms with E-state index in [2.05, 4.69) is 12.2 Å². The summed E-state index contributed by atoms with van der Waals surface area (Å²) in [7, 11) is 0. The predicted octanol–water partition coefficient (Wildman–Crippen LogP) is 2.65. The third kappa shape index (κ3) is 2.59. The summed E-state index contributed by atoms with van der Waals surface area (Å²) in [5.41, 5.74) is -0.568. The van der Waals surface area contributed by atoms with Crippen molar-refractivity contribution < 1.29 is 14.3 Å². The van der Waals surface area contributed by atoms with E-state index in [4.69, 9.17) is 4.74 Å². The van der Waals surface area contributed by atoms with Crippen molar-refractivity contribution in [2.24, 2.45) is 11.3 Å². The van der Waals surface area contributed by atoms with Crippen LogP contribution < -0.4 is 0 Å². The minimum Gasteiger partial charge on any atom is -0.466 e. The van der Waals surface area contributed by atoms with Gasteiger partial charge in [0.25, 0.3) is 0 Å². The Balaban J connectivity index is 2.27. The van der Waals surface area contributed by atoms with Gasteiger partial charge in [0.15, 0.2) is 0 Å². The summed E-state index contributed by atoms with van der Waals surface area (Å²) in [6.45, 7) is 2.21. The summed E-state index contributed by atoms with van der Waals surface area (Å²) in [6.07, 6.45) is 8.58. The fourth-order valence-corrected chi connectivity index (χ4v) is 3.04. The van der Waals surface area contributed by atoms with Gasteiger partial charge in [-0.3, -0.25) is 9.59 Å². The summed E-state index contributed by atoms with van der Waals surface area (Å²) in [6, 6.07) is 0. The molecule has 0 N–H and O–H groups in total. The van der Waals surface area contributed by atoms with Crippen LogP contribution in [0.3, 0.4) is 0 Å². The van der Waals surface area contributed by atoms with Gasteiger partial charge >= 0.3 is 5.97 Å². The van der Waals surface area contributed by atoms with Crippen LogP contribution in [0.15, 0.2) is 12.2 Å². The molecule has 2 atom stereocenters. The second-order valence-electron chi connectivity index (χ2n) is 5.24. The van der Waals surface area contributed by atoms with Crippen LogP contribution in [0.25, 0.3) is 0 Å². The average molecular weight is 236 g/mol. The molecular formula is C14H20O3. The summed E-state index contributed by atoms with van der Waals surface area (Å²) in [5, 5.41) is 0. The van der Waals surface area contributed by atoms with E-state index in [0.29, 0.717) is 31.8 Å². The number of fused-ring (bicyclic) bond motifs is 2. The Morgan fingerprint density at radius 2 is 2.35 bits per heavy atom. The lowest BCUT2D eigenvalue weighted by molar-refractivity contribution is -0.158. The largest absolute Gasteiger partial charge is 0.466 e. The van der Waals surface area contributed by atoms with Gasteiger partial charge in [0.1, 0.15) is 5.78 Å². The third-order valence-corrected chi connectivity index (χ3v) is 3.90. The summed E-state index contributed by atoms with van der Waals surface area (Å²) in [4.78, 5) is 24.0. The molecule has 3 nitrogen and oxygen atoms in total. The lowest BCUT2D eigenvalue weighted by Gasteiger charge is -2.29. The van der Waals surface area contributed by atoms with Crippen molar-refractivity contribution in [2.75, 3.05) is 6.61 Å². The number of hydrogen-bond donors (Lipinski definition) is 0. The van der Waals surface area contributed by atoms with Crippen LogP contribution in [-0.4, -0.2) is 18.4 Å². The average Bonchev–Trinajstić information content (AvgIpc) is 2.59. The SMILES string of the molecule is CCOC(=O)[C@]12CC=CC[C@@H](CCC(=O)C1)C2. The third-order valence-electron chi connectivity index (χ3n) is 3.90. The second kappa shape index (κ2) is 5.03. The van der Waals surface area contributed by atoms with E-state index in [-0.39, 0.29) is 11.8 Å². The van der Waals surface area contributed by atoms with Crippen molar-refractivity contribution in [3.8, 4) is 0 Å². The normalized spacial score (nSPS) is 32.8. The van der Waals surface area contributed by atoms with Crippen LogP contribution >= 0.6 is 0 Å². The molecule has 3 heteroatoms. The van der Waals surface area contributed by atoms with Gasteiger partial charge in [-0.05, 0) is 38.5 Å². The Morgan fingerprint density at radius 1 is 1.53 bits per heavy atom. The van der Waals surface area contributed by atoms with E-state index in [0.717, 1.165) is 19.3 Å². The van der Waals surface area contributed by atoms with E-state index in [1.807, 2.05) is 6.92 Å². The highest BCUT2D eigenvalue weighted by Crippen LogP contribution is 2.43. The molecule has 2 bridgehead atoms. The fraction of sp³-hybridized carbons (Fsp3) is 0.714. The number of carbonyl (C=O) groups is 2. The van der Waals surface area contributed by atoms with Crippen molar-refractivity contribution >= 4 is 11.8 Å². The molecule has 0 saturated heterocycles. The first kappa shape index (κ1) is 12.3. The molecule has 1 saturated carbocycles. The zero-order valence-corrected chi connectivity index (χ0v) is 10.4. The van der Waals surface area contributed by atoms with Gasteiger partial charge < -0.3 is 4.74 Å². The molecule has 1 fully saturated rings. The van der Waals surface area contributed by atoms with Crippen molar-refractivity contribution in [3.63, 3.8) is 0 Å². The number of hydrogen-bond acceptors (Lipinski definition) is 3. The molecule has 0 aliphatic heterocycles. The Morgan fingerprint density at radius 3 is 3.12 bits per heavy atom. The molecule has 0 aromatic heterocycles. The number of ether oxygens (including phenoxy) is 1. The van der Waals surface area contributed by atoms with Crippen molar-refractivity contribution in [2.45, 2.75) is 45.4 Å². The highest BCUT2D eigenvalue weighted by atomic mass is 16.5. The topological polar surface area (TPSA) is 43.4 Å². The summed E-state index contributed by atoms with van der Waals surface area (Å²) >= 11 is 0. The Bertz CT molecular complexity index is 345. The monoisotopic (exact) mass is 236 g/mol. The van der Waals surface area contributed by atoms with Crippen LogP contribution in [-0.2, 0) is 14.3 Å². The predicted molar refractivity (Wildman–Crippen MR) is 64.4 cm³/mol. The number of rotatable bonds is 2. The maximum atomic E-state index is 12.2. The van der Waals surface area contributed by atoms with E-state index in [9.17, 15) is 9.59 Å². The standard InChI is InChI=1S/C14H20O3/c1-2-17-13(16)14-8-4-3-5-11(9-14)6-7-12(15)10-14/h3-4,11H,2,5-10H2,1H3/t11-,14-/m0/s1. The van der Waals surface area contributed by atoms with Gasteiger partial charge in [0, 0.05) is 12.8 Å². The molecule has 94 valence electrons. The highest BCUT2D eigenvalue weighted by molar-refractivity contribution is 5.87. The van der Waals surface area contributed by atoms with E-state index in [1.165, 1.54) is 0 Å². The van der Waals surface area contributed by atoms with Crippen LogP contribution in [0.2, 0.25) is 0 Å². The Hall–Kier alpha value is -1.12. The van der Waals surface area contributed by atoms with Crippen molar-refractivity contribution in [1.29, 1.82) is 0 Å². The number of esters is 1. The maximum Gasteiger partial charge on any atom is 0.312 e. The molecule has 0 amide bonds. The van der Waals surface area contributed by atoms with Crippen LogP contribution in [0.5, 0.6) is 0 Å². The number of carbonyl (C=O) groups excluding carboxylic acids is 2. The quantitative estimate of drug-likeness (QED) is 0.547. The Kier molecular flexibility index (Phi) is 3.65. The van der Waals surface area contributed by atoms with E-state index in [1.54, 1.807) is 0 Å². The van der Waals surface area contributed by atoms with Gasteiger partial charge in [0.2, 0.25) is 0 Å². The van der Waals surface area contributed by atoms with E-state index >= 15 is 0 Å². The first-order valence-electron chi connectivity index (χ1n) is 6.50. The van der Waals surface area contributed by atoms with Gasteiger partial charge in [-0.25, -0.2) is 0 Å². The molecule has 0 heterocycles. The van der Waals surface area contributed by atoms with Crippen molar-refractivity contribution in [3.05, 3.63) is 12.2 Å². The van der Waals surface area contributed by atoms with Crippen LogP contribution in [0, 0.1) is 11.3 Å². The fourth-order valence-electron chi connectivity index (χ4n) is 3.04. The van der Waals surface area contributed by atoms with E-state index < -0.39 is 5.41 Å². The molecule has 2 rings (SSSR count). The van der Waals surface area contributed by atoms with Gasteiger partial charge in [0.05, 0.1) is 12.0 Å². The van der Waals surface area contributed by atoms with Gasteiger partial charge in [-0.1, -0.05) is 12.2 Å². The van der Waals surface area contributed by atoms with Crippen LogP contribution in [0.1, 0.15) is 45.4 Å². The molecular weight excluding hydrogens is 216 g/mol. The zero-order valence-electron chi connectivity index (χ0n) is 10.4. The first-order valence-corrected chi connectivity index (χ1v) is 6.50. The highest BCUT2D eigenvalue weighted by Gasteiger charge is 2.44. The number of ketones is 1. The second-order valence-corrected chi connectivity index (χ2v) is 5.24. The van der Waals surface area contributed by atoms with Crippen molar-refractivity contribution in [1.82, 2.24) is 0 Å². The molecule has 17 heavy (non-hydrogen) atoms. The number of allylic oxidation sites excluding steroid dienone is 2. The number of Topliss-reactive ketones (excluding diaryl/α,β-unsaturated/α-hetero) is 1. The lowest BCUT2D eigenvalue weighted by Crippen LogP contribution is -2.35. The summed E-state index contributed by atoms with van der Waals surface area (Å²) < 4.78 is 5.19. The maximum absolute atomic E-state index is 12.2. The molecule has 0 unspecified atom stereocenters. The molecule has 2 aliphatic rings. The smallest absolute Gasteiger partial charge is 0.312 e. The minimum absolute atomic E-state index is 0.174. The lowest BCUT2D eigenvalue weighted by atomic mass is 9.75. The molecule has 0 aromatic carbocycles. The molecule has 0 radical (unpaired) electrons. The molecule has 2 aliphatic carbocycles. The van der Waals surface area contributed by atoms with Gasteiger partial charge in [-0.2, -0.15) is 0 Å². The molecule has 0 aromatic rings. The minimum atomic E-state index is -0.568. The summed E-state index contributed by atoms with van der Waals surface area (Å²) in [5.74, 6) is 0.507.